The van der Waals surface area contributed by atoms with Gasteiger partial charge >= 0.3 is 0 Å². The number of hydrogen-bond donors (Lipinski definition) is 2. The van der Waals surface area contributed by atoms with E-state index in [1.807, 2.05) is 29.3 Å². The van der Waals surface area contributed by atoms with Gasteiger partial charge in [-0.05, 0) is 36.8 Å². The Kier molecular flexibility index (Phi) is 6.32. The first-order chi connectivity index (χ1) is 7.24. The van der Waals surface area contributed by atoms with Gasteiger partial charge in [0, 0.05) is 17.5 Å². The Morgan fingerprint density at radius 2 is 2.40 bits per heavy atom. The zero-order valence-corrected chi connectivity index (χ0v) is 10.9. The molecule has 0 aliphatic heterocycles. The van der Waals surface area contributed by atoms with Crippen LogP contribution in [0.25, 0.3) is 0 Å². The predicted octanol–water partition coefficient (Wildman–Crippen LogP) is 2.51. The zero-order chi connectivity index (χ0) is 11.1. The summed E-state index contributed by atoms with van der Waals surface area (Å²) in [7, 11) is 0. The highest BCUT2D eigenvalue weighted by Gasteiger charge is 2.09. The average molecular weight is 245 g/mol. The number of aliphatic hydroxyl groups is 1. The van der Waals surface area contributed by atoms with Crippen LogP contribution in [0, 0.1) is 0 Å². The maximum Gasteiger partial charge on any atom is 0.101 e. The second kappa shape index (κ2) is 7.28. The van der Waals surface area contributed by atoms with Crippen molar-refractivity contribution in [1.82, 2.24) is 5.32 Å². The minimum Gasteiger partial charge on any atom is -0.386 e. The fraction of sp³-hybridized carbons (Fsp3) is 0.636. The first kappa shape index (κ1) is 13.0. The summed E-state index contributed by atoms with van der Waals surface area (Å²) in [5, 5.41) is 15.2. The average Bonchev–Trinajstić information content (AvgIpc) is 2.76. The maximum absolute atomic E-state index is 9.83. The molecule has 2 nitrogen and oxygen atoms in total. The minimum atomic E-state index is -0.360. The molecule has 2 N–H and O–H groups in total. The molecule has 0 aliphatic carbocycles. The van der Waals surface area contributed by atoms with Gasteiger partial charge < -0.3 is 10.4 Å². The number of aliphatic hydroxyl groups excluding tert-OH is 1. The lowest BCUT2D eigenvalue weighted by Gasteiger charge is -2.15. The van der Waals surface area contributed by atoms with Gasteiger partial charge in [-0.15, -0.1) is 11.3 Å². The summed E-state index contributed by atoms with van der Waals surface area (Å²) in [5.74, 6) is 1.17. The van der Waals surface area contributed by atoms with E-state index in [0.717, 1.165) is 11.3 Å². The molecule has 4 heteroatoms. The van der Waals surface area contributed by atoms with Gasteiger partial charge in [-0.25, -0.2) is 0 Å². The molecule has 0 aliphatic rings. The number of thiophene rings is 1. The summed E-state index contributed by atoms with van der Waals surface area (Å²) in [6.45, 7) is 2.81. The van der Waals surface area contributed by atoms with Gasteiger partial charge in [-0.3, -0.25) is 0 Å². The van der Waals surface area contributed by atoms with E-state index in [1.165, 1.54) is 5.75 Å². The third kappa shape index (κ3) is 5.02. The lowest BCUT2D eigenvalue weighted by molar-refractivity contribution is 0.174. The number of rotatable bonds is 7. The van der Waals surface area contributed by atoms with E-state index in [2.05, 4.69) is 18.5 Å². The van der Waals surface area contributed by atoms with E-state index >= 15 is 0 Å². The van der Waals surface area contributed by atoms with Crippen LogP contribution in [0.2, 0.25) is 0 Å². The van der Waals surface area contributed by atoms with Crippen molar-refractivity contribution in [2.24, 2.45) is 0 Å². The molecule has 0 bridgehead atoms. The SMILES string of the molecule is CSCCC(C)NCC(O)c1cccs1. The highest BCUT2D eigenvalue weighted by Crippen LogP contribution is 2.17. The molecule has 0 radical (unpaired) electrons. The van der Waals surface area contributed by atoms with Crippen molar-refractivity contribution in [2.45, 2.75) is 25.5 Å². The zero-order valence-electron chi connectivity index (χ0n) is 9.27. The van der Waals surface area contributed by atoms with Gasteiger partial charge in [0.15, 0.2) is 0 Å². The molecule has 0 aromatic carbocycles. The van der Waals surface area contributed by atoms with Crippen molar-refractivity contribution >= 4 is 23.1 Å². The monoisotopic (exact) mass is 245 g/mol. The Morgan fingerprint density at radius 1 is 1.60 bits per heavy atom. The van der Waals surface area contributed by atoms with Crippen molar-refractivity contribution in [3.05, 3.63) is 22.4 Å². The van der Waals surface area contributed by atoms with E-state index < -0.39 is 0 Å². The van der Waals surface area contributed by atoms with Crippen LogP contribution in [0.3, 0.4) is 0 Å². The van der Waals surface area contributed by atoms with Crippen LogP contribution < -0.4 is 5.32 Å². The van der Waals surface area contributed by atoms with Gasteiger partial charge in [-0.2, -0.15) is 11.8 Å². The molecule has 15 heavy (non-hydrogen) atoms. The first-order valence-corrected chi connectivity index (χ1v) is 7.45. The van der Waals surface area contributed by atoms with Crippen LogP contribution >= 0.6 is 23.1 Å². The Balaban J connectivity index is 2.19. The summed E-state index contributed by atoms with van der Waals surface area (Å²) < 4.78 is 0. The third-order valence-corrected chi connectivity index (χ3v) is 3.90. The van der Waals surface area contributed by atoms with Gasteiger partial charge in [-0.1, -0.05) is 6.07 Å². The van der Waals surface area contributed by atoms with Crippen LogP contribution in [0.1, 0.15) is 24.3 Å². The van der Waals surface area contributed by atoms with Gasteiger partial charge in [0.1, 0.15) is 6.10 Å². The minimum absolute atomic E-state index is 0.360. The van der Waals surface area contributed by atoms with E-state index in [-0.39, 0.29) is 6.10 Å². The molecule has 2 atom stereocenters. The Morgan fingerprint density at radius 3 is 3.00 bits per heavy atom. The lowest BCUT2D eigenvalue weighted by atomic mass is 10.2. The van der Waals surface area contributed by atoms with Crippen molar-refractivity contribution in [2.75, 3.05) is 18.6 Å². The summed E-state index contributed by atoms with van der Waals surface area (Å²) in [6.07, 6.45) is 2.91. The fourth-order valence-corrected chi connectivity index (χ4v) is 2.59. The molecule has 0 saturated carbocycles. The highest BCUT2D eigenvalue weighted by molar-refractivity contribution is 7.98. The highest BCUT2D eigenvalue weighted by atomic mass is 32.2. The Labute approximate surface area is 100 Å². The Hall–Kier alpha value is -0.0300. The third-order valence-electron chi connectivity index (χ3n) is 2.29. The molecular formula is C11H19NOS2. The molecule has 1 rings (SSSR count). The van der Waals surface area contributed by atoms with Crippen molar-refractivity contribution in [3.63, 3.8) is 0 Å². The number of hydrogen-bond acceptors (Lipinski definition) is 4. The van der Waals surface area contributed by atoms with Crippen LogP contribution in [0.4, 0.5) is 0 Å². The second-order valence-corrected chi connectivity index (χ2v) is 5.59. The molecule has 86 valence electrons. The predicted molar refractivity (Wildman–Crippen MR) is 69.7 cm³/mol. The van der Waals surface area contributed by atoms with E-state index in [4.69, 9.17) is 0 Å². The topological polar surface area (TPSA) is 32.3 Å². The Bertz CT molecular complexity index is 251. The van der Waals surface area contributed by atoms with E-state index in [0.29, 0.717) is 12.6 Å². The molecular weight excluding hydrogens is 226 g/mol. The summed E-state index contributed by atoms with van der Waals surface area (Å²) in [4.78, 5) is 1.04. The number of thioether (sulfide) groups is 1. The molecule has 0 saturated heterocycles. The smallest absolute Gasteiger partial charge is 0.101 e. The van der Waals surface area contributed by atoms with Crippen LogP contribution in [-0.2, 0) is 0 Å². The molecule has 0 fully saturated rings. The molecule has 1 aromatic rings. The van der Waals surface area contributed by atoms with Crippen LogP contribution in [-0.4, -0.2) is 29.7 Å². The molecule has 0 amide bonds. The second-order valence-electron chi connectivity index (χ2n) is 3.62. The van der Waals surface area contributed by atoms with Crippen LogP contribution in [0.15, 0.2) is 17.5 Å². The van der Waals surface area contributed by atoms with Crippen LogP contribution in [0.5, 0.6) is 0 Å². The van der Waals surface area contributed by atoms with Crippen molar-refractivity contribution < 1.29 is 5.11 Å². The summed E-state index contributed by atoms with van der Waals surface area (Å²) in [5.41, 5.74) is 0. The molecule has 2 unspecified atom stereocenters. The first-order valence-electron chi connectivity index (χ1n) is 5.18. The van der Waals surface area contributed by atoms with E-state index in [1.54, 1.807) is 11.3 Å². The van der Waals surface area contributed by atoms with Crippen molar-refractivity contribution in [1.29, 1.82) is 0 Å². The molecule has 0 spiro atoms. The quantitative estimate of drug-likeness (QED) is 0.774. The summed E-state index contributed by atoms with van der Waals surface area (Å²) >= 11 is 3.47. The lowest BCUT2D eigenvalue weighted by Crippen LogP contribution is -2.30. The van der Waals surface area contributed by atoms with E-state index in [9.17, 15) is 5.11 Å². The maximum atomic E-state index is 9.83. The van der Waals surface area contributed by atoms with Gasteiger partial charge in [0.2, 0.25) is 0 Å². The van der Waals surface area contributed by atoms with Gasteiger partial charge in [0.05, 0.1) is 0 Å². The number of nitrogens with one attached hydrogen (secondary N) is 1. The molecule has 1 heterocycles. The largest absolute Gasteiger partial charge is 0.386 e. The van der Waals surface area contributed by atoms with Gasteiger partial charge in [0.25, 0.3) is 0 Å². The fourth-order valence-electron chi connectivity index (χ4n) is 1.29. The normalized spacial score (nSPS) is 15.1. The van der Waals surface area contributed by atoms with Crippen molar-refractivity contribution in [3.8, 4) is 0 Å². The summed E-state index contributed by atoms with van der Waals surface area (Å²) in [6, 6.07) is 4.43. The molecule has 1 aromatic heterocycles. The standard InChI is InChI=1S/C11H19NOS2/c1-9(5-7-14-2)12-8-10(13)11-4-3-6-15-11/h3-4,6,9-10,12-13H,5,7-8H2,1-2H3.